The highest BCUT2D eigenvalue weighted by atomic mass is 32.1. The maximum atomic E-state index is 4.65. The molecule has 3 aromatic rings. The Bertz CT molecular complexity index is 732. The average molecular weight is 305 g/mol. The molecule has 3 heterocycles. The van der Waals surface area contributed by atoms with Gasteiger partial charge in [-0.25, -0.2) is 14.6 Å². The summed E-state index contributed by atoms with van der Waals surface area (Å²) in [5.41, 5.74) is 1.93. The summed E-state index contributed by atoms with van der Waals surface area (Å²) in [6, 6.07) is 0.0753. The van der Waals surface area contributed by atoms with Crippen LogP contribution in [0.4, 0.5) is 5.13 Å². The van der Waals surface area contributed by atoms with Crippen LogP contribution >= 0.6 is 11.3 Å². The van der Waals surface area contributed by atoms with Gasteiger partial charge < -0.3 is 5.32 Å². The van der Waals surface area contributed by atoms with Crippen LogP contribution in [0, 0.1) is 12.8 Å². The monoisotopic (exact) mass is 305 g/mol. The van der Waals surface area contributed by atoms with E-state index in [9.17, 15) is 0 Å². The van der Waals surface area contributed by atoms with Gasteiger partial charge in [0, 0.05) is 14.1 Å². The van der Waals surface area contributed by atoms with E-state index in [2.05, 4.69) is 39.3 Å². The fourth-order valence-corrected chi connectivity index (χ4v) is 3.36. The molecule has 0 aliphatic heterocycles. The van der Waals surface area contributed by atoms with E-state index in [1.807, 2.05) is 25.7 Å². The molecule has 1 N–H and O–H groups in total. The van der Waals surface area contributed by atoms with Crippen molar-refractivity contribution in [2.75, 3.05) is 5.32 Å². The number of aryl methyl sites for hydroxylation is 3. The van der Waals surface area contributed by atoms with Crippen LogP contribution in [0.15, 0.2) is 6.33 Å². The number of nitrogens with one attached hydrogen (secondary N) is 1. The molecule has 8 heteroatoms. The van der Waals surface area contributed by atoms with Crippen molar-refractivity contribution in [3.63, 3.8) is 0 Å². The molecule has 21 heavy (non-hydrogen) atoms. The molecule has 3 aromatic heterocycles. The highest BCUT2D eigenvalue weighted by Crippen LogP contribution is 2.32. The molecule has 1 atom stereocenters. The van der Waals surface area contributed by atoms with Crippen LogP contribution in [0.1, 0.15) is 31.4 Å². The van der Waals surface area contributed by atoms with Crippen molar-refractivity contribution >= 4 is 26.8 Å². The number of aromatic nitrogens is 6. The third-order valence-corrected chi connectivity index (χ3v) is 4.60. The third-order valence-electron chi connectivity index (χ3n) is 3.51. The van der Waals surface area contributed by atoms with Gasteiger partial charge >= 0.3 is 0 Å². The van der Waals surface area contributed by atoms with Crippen molar-refractivity contribution in [1.82, 2.24) is 29.5 Å². The van der Waals surface area contributed by atoms with E-state index in [1.54, 1.807) is 22.3 Å². The van der Waals surface area contributed by atoms with E-state index in [1.165, 1.54) is 0 Å². The Morgan fingerprint density at radius 2 is 2.00 bits per heavy atom. The summed E-state index contributed by atoms with van der Waals surface area (Å²) < 4.78 is 4.75. The maximum Gasteiger partial charge on any atom is 0.186 e. The molecule has 0 fully saturated rings. The highest BCUT2D eigenvalue weighted by molar-refractivity contribution is 7.22. The molecule has 0 radical (unpaired) electrons. The molecule has 1 unspecified atom stereocenters. The summed E-state index contributed by atoms with van der Waals surface area (Å²) in [7, 11) is 3.83. The molecule has 0 aliphatic carbocycles. The minimum absolute atomic E-state index is 0.0753. The Morgan fingerprint density at radius 1 is 1.24 bits per heavy atom. The standard InChI is InChI=1S/C13H19N7S/c1-7(2)9(11-14-6-15-19(11)4)16-13-17-12-10(21-13)8(3)18-20(12)5/h6-7,9H,1-5H3,(H,16,17). The number of hydrogen-bond donors (Lipinski definition) is 1. The first-order valence-electron chi connectivity index (χ1n) is 6.88. The first-order valence-corrected chi connectivity index (χ1v) is 7.69. The second-order valence-electron chi connectivity index (χ2n) is 5.49. The van der Waals surface area contributed by atoms with Gasteiger partial charge in [0.05, 0.1) is 16.4 Å². The highest BCUT2D eigenvalue weighted by Gasteiger charge is 2.22. The summed E-state index contributed by atoms with van der Waals surface area (Å²) in [6.45, 7) is 6.33. The van der Waals surface area contributed by atoms with Gasteiger partial charge in [0.15, 0.2) is 10.8 Å². The zero-order valence-electron chi connectivity index (χ0n) is 12.8. The number of fused-ring (bicyclic) bond motifs is 1. The Hall–Kier alpha value is -1.96. The van der Waals surface area contributed by atoms with Crippen LogP contribution in [-0.4, -0.2) is 29.5 Å². The smallest absolute Gasteiger partial charge is 0.186 e. The minimum atomic E-state index is 0.0753. The molecule has 0 saturated carbocycles. The number of rotatable bonds is 4. The van der Waals surface area contributed by atoms with Crippen molar-refractivity contribution < 1.29 is 0 Å². The van der Waals surface area contributed by atoms with Crippen molar-refractivity contribution in [3.8, 4) is 0 Å². The van der Waals surface area contributed by atoms with Crippen molar-refractivity contribution in [3.05, 3.63) is 17.8 Å². The largest absolute Gasteiger partial charge is 0.351 e. The predicted octanol–water partition coefficient (Wildman–Crippen LogP) is 2.28. The SMILES string of the molecule is Cc1nn(C)c2nc(NC(c3ncnn3C)C(C)C)sc12. The molecule has 0 aliphatic rings. The van der Waals surface area contributed by atoms with Crippen LogP contribution in [0.25, 0.3) is 10.3 Å². The summed E-state index contributed by atoms with van der Waals surface area (Å²) in [5, 5.41) is 12.9. The topological polar surface area (TPSA) is 73.5 Å². The Labute approximate surface area is 127 Å². The van der Waals surface area contributed by atoms with Gasteiger partial charge in [-0.05, 0) is 12.8 Å². The van der Waals surface area contributed by atoms with Gasteiger partial charge in [0.1, 0.15) is 12.2 Å². The number of anilines is 1. The van der Waals surface area contributed by atoms with Gasteiger partial charge in [0.25, 0.3) is 0 Å². The van der Waals surface area contributed by atoms with E-state index in [-0.39, 0.29) is 6.04 Å². The molecule has 3 rings (SSSR count). The summed E-state index contributed by atoms with van der Waals surface area (Å²) in [6.07, 6.45) is 1.58. The second-order valence-corrected chi connectivity index (χ2v) is 6.49. The van der Waals surface area contributed by atoms with Crippen molar-refractivity contribution in [2.24, 2.45) is 20.0 Å². The number of nitrogens with zero attached hydrogens (tertiary/aromatic N) is 6. The Balaban J connectivity index is 1.95. The van der Waals surface area contributed by atoms with Gasteiger partial charge in [-0.1, -0.05) is 25.2 Å². The first kappa shape index (κ1) is 14.0. The van der Waals surface area contributed by atoms with Crippen LogP contribution < -0.4 is 5.32 Å². The number of thiazole rings is 1. The molecule has 0 saturated heterocycles. The maximum absolute atomic E-state index is 4.65. The summed E-state index contributed by atoms with van der Waals surface area (Å²) in [5.74, 6) is 1.29. The molecular weight excluding hydrogens is 286 g/mol. The van der Waals surface area contributed by atoms with Gasteiger partial charge in [-0.3, -0.25) is 4.68 Å². The van der Waals surface area contributed by atoms with Crippen LogP contribution in [-0.2, 0) is 14.1 Å². The van der Waals surface area contributed by atoms with Gasteiger partial charge in [0.2, 0.25) is 0 Å². The molecule has 7 nitrogen and oxygen atoms in total. The van der Waals surface area contributed by atoms with Crippen LogP contribution in [0.5, 0.6) is 0 Å². The molecule has 0 bridgehead atoms. The minimum Gasteiger partial charge on any atom is -0.351 e. The molecule has 0 spiro atoms. The second kappa shape index (κ2) is 5.10. The van der Waals surface area contributed by atoms with Gasteiger partial charge in [-0.2, -0.15) is 10.2 Å². The summed E-state index contributed by atoms with van der Waals surface area (Å²) >= 11 is 1.63. The first-order chi connectivity index (χ1) is 9.97. The normalized spacial score (nSPS) is 13.2. The van der Waals surface area contributed by atoms with Gasteiger partial charge in [-0.15, -0.1) is 0 Å². The van der Waals surface area contributed by atoms with Crippen molar-refractivity contribution in [2.45, 2.75) is 26.8 Å². The fraction of sp³-hybridized carbons (Fsp3) is 0.538. The Kier molecular flexibility index (Phi) is 3.40. The van der Waals surface area contributed by atoms with E-state index in [0.29, 0.717) is 5.92 Å². The van der Waals surface area contributed by atoms with Crippen LogP contribution in [0.2, 0.25) is 0 Å². The lowest BCUT2D eigenvalue weighted by molar-refractivity contribution is 0.497. The molecule has 0 amide bonds. The van der Waals surface area contributed by atoms with E-state index >= 15 is 0 Å². The third kappa shape index (κ3) is 2.39. The lowest BCUT2D eigenvalue weighted by Gasteiger charge is -2.20. The fourth-order valence-electron chi connectivity index (χ4n) is 2.40. The lowest BCUT2D eigenvalue weighted by atomic mass is 10.0. The predicted molar refractivity (Wildman–Crippen MR) is 83.3 cm³/mol. The molecule has 112 valence electrons. The zero-order chi connectivity index (χ0) is 15.1. The molecular formula is C13H19N7S. The summed E-state index contributed by atoms with van der Waals surface area (Å²) in [4.78, 5) is 9.00. The van der Waals surface area contributed by atoms with Crippen LogP contribution in [0.3, 0.4) is 0 Å². The Morgan fingerprint density at radius 3 is 2.57 bits per heavy atom. The van der Waals surface area contributed by atoms with E-state index in [0.717, 1.165) is 27.0 Å². The van der Waals surface area contributed by atoms with E-state index < -0.39 is 0 Å². The molecule has 0 aromatic carbocycles. The quantitative estimate of drug-likeness (QED) is 0.800. The zero-order valence-corrected chi connectivity index (χ0v) is 13.6. The lowest BCUT2D eigenvalue weighted by Crippen LogP contribution is -2.20. The van der Waals surface area contributed by atoms with Crippen molar-refractivity contribution in [1.29, 1.82) is 0 Å². The van der Waals surface area contributed by atoms with E-state index in [4.69, 9.17) is 0 Å². The number of hydrogen-bond acceptors (Lipinski definition) is 6. The average Bonchev–Trinajstić information content (AvgIpc) is 3.06.